The maximum absolute atomic E-state index is 4.21. The van der Waals surface area contributed by atoms with E-state index in [-0.39, 0.29) is 0 Å². The van der Waals surface area contributed by atoms with E-state index >= 15 is 0 Å². The van der Waals surface area contributed by atoms with Crippen molar-refractivity contribution in [2.75, 3.05) is 5.32 Å². The van der Waals surface area contributed by atoms with Crippen molar-refractivity contribution in [1.29, 1.82) is 0 Å². The second-order valence-electron chi connectivity index (χ2n) is 3.50. The van der Waals surface area contributed by atoms with Gasteiger partial charge in [0, 0.05) is 24.6 Å². The smallest absolute Gasteiger partial charge is 0.227 e. The Morgan fingerprint density at radius 1 is 1.27 bits per heavy atom. The molecule has 5 heteroatoms. The monoisotopic (exact) mass is 203 g/mol. The third-order valence-electron chi connectivity index (χ3n) is 1.95. The number of rotatable bonds is 3. The highest BCUT2D eigenvalue weighted by Crippen LogP contribution is 2.13. The molecule has 0 spiro atoms. The average Bonchev–Trinajstić information content (AvgIpc) is 2.68. The lowest BCUT2D eigenvalue weighted by Gasteiger charge is -2.03. The first-order chi connectivity index (χ1) is 7.25. The molecular formula is C10H13N5. The summed E-state index contributed by atoms with van der Waals surface area (Å²) in [5, 5.41) is 7.28. The summed E-state index contributed by atoms with van der Waals surface area (Å²) in [4.78, 5) is 8.14. The molecule has 2 aromatic rings. The number of hydrogen-bond donors (Lipinski definition) is 1. The van der Waals surface area contributed by atoms with Crippen LogP contribution in [-0.4, -0.2) is 19.7 Å². The summed E-state index contributed by atoms with van der Waals surface area (Å²) in [6, 6.07) is 2.14. The zero-order chi connectivity index (χ0) is 10.7. The van der Waals surface area contributed by atoms with Crippen LogP contribution in [0.1, 0.15) is 19.9 Å². The van der Waals surface area contributed by atoms with Crippen molar-refractivity contribution in [3.63, 3.8) is 0 Å². The van der Waals surface area contributed by atoms with Gasteiger partial charge in [0.1, 0.15) is 0 Å². The van der Waals surface area contributed by atoms with Gasteiger partial charge in [-0.15, -0.1) is 0 Å². The fourth-order valence-corrected chi connectivity index (χ4v) is 1.18. The second-order valence-corrected chi connectivity index (χ2v) is 3.50. The first-order valence-corrected chi connectivity index (χ1v) is 4.84. The highest BCUT2D eigenvalue weighted by molar-refractivity contribution is 5.49. The van der Waals surface area contributed by atoms with Crippen molar-refractivity contribution >= 4 is 11.6 Å². The molecule has 0 atom stereocenters. The molecule has 2 heterocycles. The van der Waals surface area contributed by atoms with Crippen LogP contribution in [0.25, 0.3) is 0 Å². The van der Waals surface area contributed by atoms with Gasteiger partial charge in [-0.05, 0) is 19.9 Å². The van der Waals surface area contributed by atoms with Crippen LogP contribution >= 0.6 is 0 Å². The SMILES string of the molecule is CC(C)n1cc(Nc2ncccn2)cn1. The number of nitrogens with zero attached hydrogens (tertiary/aromatic N) is 4. The van der Waals surface area contributed by atoms with Crippen molar-refractivity contribution < 1.29 is 0 Å². The van der Waals surface area contributed by atoms with Gasteiger partial charge in [0.2, 0.25) is 5.95 Å². The maximum atomic E-state index is 4.21. The van der Waals surface area contributed by atoms with Gasteiger partial charge in [-0.25, -0.2) is 9.97 Å². The van der Waals surface area contributed by atoms with Gasteiger partial charge in [-0.1, -0.05) is 0 Å². The summed E-state index contributed by atoms with van der Waals surface area (Å²) >= 11 is 0. The predicted octanol–water partition coefficient (Wildman–Crippen LogP) is 2.00. The molecule has 0 aromatic carbocycles. The third kappa shape index (κ3) is 2.31. The summed E-state index contributed by atoms with van der Waals surface area (Å²) in [6.45, 7) is 4.16. The molecule has 0 aliphatic carbocycles. The first-order valence-electron chi connectivity index (χ1n) is 4.84. The van der Waals surface area contributed by atoms with Crippen LogP contribution in [0.2, 0.25) is 0 Å². The minimum absolute atomic E-state index is 0.359. The summed E-state index contributed by atoms with van der Waals surface area (Å²) in [5.74, 6) is 0.584. The summed E-state index contributed by atoms with van der Waals surface area (Å²) < 4.78 is 1.88. The first kappa shape index (κ1) is 9.64. The van der Waals surface area contributed by atoms with E-state index < -0.39 is 0 Å². The average molecular weight is 203 g/mol. The van der Waals surface area contributed by atoms with E-state index in [0.717, 1.165) is 5.69 Å². The molecule has 0 aliphatic rings. The molecule has 15 heavy (non-hydrogen) atoms. The van der Waals surface area contributed by atoms with Crippen LogP contribution in [0.3, 0.4) is 0 Å². The molecule has 0 bridgehead atoms. The van der Waals surface area contributed by atoms with E-state index in [1.807, 2.05) is 10.9 Å². The lowest BCUT2D eigenvalue weighted by atomic mass is 10.4. The number of hydrogen-bond acceptors (Lipinski definition) is 4. The molecule has 0 aliphatic heterocycles. The molecule has 2 aromatic heterocycles. The Morgan fingerprint density at radius 2 is 2.00 bits per heavy atom. The summed E-state index contributed by atoms with van der Waals surface area (Å²) in [6.07, 6.45) is 7.09. The van der Waals surface area contributed by atoms with E-state index in [1.54, 1.807) is 24.7 Å². The largest absolute Gasteiger partial charge is 0.321 e. The molecule has 0 fully saturated rings. The Bertz CT molecular complexity index is 420. The van der Waals surface area contributed by atoms with Crippen LogP contribution in [0.5, 0.6) is 0 Å². The predicted molar refractivity (Wildman–Crippen MR) is 57.9 cm³/mol. The summed E-state index contributed by atoms with van der Waals surface area (Å²) in [7, 11) is 0. The minimum atomic E-state index is 0.359. The van der Waals surface area contributed by atoms with Gasteiger partial charge in [0.05, 0.1) is 11.9 Å². The van der Waals surface area contributed by atoms with Gasteiger partial charge in [-0.3, -0.25) is 4.68 Å². The number of anilines is 2. The van der Waals surface area contributed by atoms with Crippen molar-refractivity contribution in [3.8, 4) is 0 Å². The van der Waals surface area contributed by atoms with Crippen molar-refractivity contribution in [2.45, 2.75) is 19.9 Å². The van der Waals surface area contributed by atoms with Gasteiger partial charge in [0.15, 0.2) is 0 Å². The van der Waals surface area contributed by atoms with Gasteiger partial charge < -0.3 is 5.32 Å². The number of nitrogens with one attached hydrogen (secondary N) is 1. The van der Waals surface area contributed by atoms with Crippen molar-refractivity contribution in [2.24, 2.45) is 0 Å². The van der Waals surface area contributed by atoms with Crippen LogP contribution in [0, 0.1) is 0 Å². The normalized spacial score (nSPS) is 10.6. The van der Waals surface area contributed by atoms with Gasteiger partial charge in [0.25, 0.3) is 0 Å². The Morgan fingerprint density at radius 3 is 2.60 bits per heavy atom. The molecular weight excluding hydrogens is 190 g/mol. The van der Waals surface area contributed by atoms with E-state index in [2.05, 4.69) is 34.2 Å². The Hall–Kier alpha value is -1.91. The van der Waals surface area contributed by atoms with Crippen molar-refractivity contribution in [1.82, 2.24) is 19.7 Å². The molecule has 0 amide bonds. The molecule has 78 valence electrons. The highest BCUT2D eigenvalue weighted by Gasteiger charge is 2.02. The van der Waals surface area contributed by atoms with E-state index in [4.69, 9.17) is 0 Å². The second kappa shape index (κ2) is 4.08. The minimum Gasteiger partial charge on any atom is -0.321 e. The molecule has 2 rings (SSSR count). The topological polar surface area (TPSA) is 55.6 Å². The zero-order valence-electron chi connectivity index (χ0n) is 8.75. The fourth-order valence-electron chi connectivity index (χ4n) is 1.18. The van der Waals surface area contributed by atoms with Crippen LogP contribution in [0.4, 0.5) is 11.6 Å². The summed E-state index contributed by atoms with van der Waals surface area (Å²) in [5.41, 5.74) is 0.898. The quantitative estimate of drug-likeness (QED) is 0.828. The lowest BCUT2D eigenvalue weighted by Crippen LogP contribution is -2.00. The lowest BCUT2D eigenvalue weighted by molar-refractivity contribution is 0.532. The Balaban J connectivity index is 2.12. The molecule has 0 unspecified atom stereocenters. The molecule has 5 nitrogen and oxygen atoms in total. The van der Waals surface area contributed by atoms with Gasteiger partial charge >= 0.3 is 0 Å². The van der Waals surface area contributed by atoms with E-state index in [1.165, 1.54) is 0 Å². The highest BCUT2D eigenvalue weighted by atomic mass is 15.3. The van der Waals surface area contributed by atoms with Crippen molar-refractivity contribution in [3.05, 3.63) is 30.9 Å². The molecule has 1 N–H and O–H groups in total. The zero-order valence-corrected chi connectivity index (χ0v) is 8.75. The van der Waals surface area contributed by atoms with Crippen LogP contribution < -0.4 is 5.32 Å². The van der Waals surface area contributed by atoms with Crippen LogP contribution in [0.15, 0.2) is 30.9 Å². The fraction of sp³-hybridized carbons (Fsp3) is 0.300. The van der Waals surface area contributed by atoms with Crippen LogP contribution in [-0.2, 0) is 0 Å². The Kier molecular flexibility index (Phi) is 2.62. The maximum Gasteiger partial charge on any atom is 0.227 e. The van der Waals surface area contributed by atoms with Gasteiger partial charge in [-0.2, -0.15) is 5.10 Å². The standard InChI is InChI=1S/C10H13N5/c1-8(2)15-7-9(6-13-15)14-10-11-4-3-5-12-10/h3-8H,1-2H3,(H,11,12,14). The molecule has 0 radical (unpaired) electrons. The third-order valence-corrected chi connectivity index (χ3v) is 1.95. The Labute approximate surface area is 88.2 Å². The van der Waals surface area contributed by atoms with E-state index in [0.29, 0.717) is 12.0 Å². The van der Waals surface area contributed by atoms with E-state index in [9.17, 15) is 0 Å². The number of aromatic nitrogens is 4. The molecule has 0 saturated heterocycles. The molecule has 0 saturated carbocycles.